The minimum Gasteiger partial charge on any atom is -0.411 e. The van der Waals surface area contributed by atoms with E-state index in [1.165, 1.54) is 23.9 Å². The Morgan fingerprint density at radius 3 is 2.53 bits per heavy atom. The number of hydrogen-bond acceptors (Lipinski definition) is 6. The summed E-state index contributed by atoms with van der Waals surface area (Å²) in [5.74, 6) is 1.17. The van der Waals surface area contributed by atoms with Gasteiger partial charge in [-0.05, 0) is 43.0 Å². The van der Waals surface area contributed by atoms with Gasteiger partial charge in [-0.2, -0.15) is 8.78 Å². The van der Waals surface area contributed by atoms with E-state index in [1.807, 2.05) is 0 Å². The quantitative estimate of drug-likeness (QED) is 0.224. The summed E-state index contributed by atoms with van der Waals surface area (Å²) >= 11 is 4.42. The predicted octanol–water partition coefficient (Wildman–Crippen LogP) is 5.24. The fourth-order valence-electron chi connectivity index (χ4n) is 2.58. The highest BCUT2D eigenvalue weighted by molar-refractivity contribution is 9.10. The molecule has 3 aromatic rings. The molecule has 12 heteroatoms. The molecule has 2 heterocycles. The van der Waals surface area contributed by atoms with Crippen LogP contribution in [0.25, 0.3) is 11.5 Å². The molecule has 0 amide bonds. The standard InChI is InChI=1S/C18H17BrF2N3O4PS/c19-15-11-12(4-5-14(15)18(20,21)29(25,26)27)3-1-2-10-30-17-24-23-16(28-17)13-6-8-22-9-7-13/h4-9,11H,1-3,10H2,(H2,25,26,27). The van der Waals surface area contributed by atoms with Gasteiger partial charge >= 0.3 is 13.3 Å². The summed E-state index contributed by atoms with van der Waals surface area (Å²) in [5.41, 5.74) is -3.38. The van der Waals surface area contributed by atoms with Crippen LogP contribution in [0.3, 0.4) is 0 Å². The van der Waals surface area contributed by atoms with Gasteiger partial charge in [0.05, 0.1) is 0 Å². The van der Waals surface area contributed by atoms with Crippen LogP contribution in [0, 0.1) is 0 Å². The van der Waals surface area contributed by atoms with E-state index in [0.717, 1.165) is 35.8 Å². The van der Waals surface area contributed by atoms with Crippen LogP contribution in [0.15, 0.2) is 56.8 Å². The number of alkyl halides is 2. The molecular formula is C18H17BrF2N3O4PS. The smallest absolute Gasteiger partial charge is 0.399 e. The van der Waals surface area contributed by atoms with Crippen molar-refractivity contribution in [2.45, 2.75) is 30.1 Å². The van der Waals surface area contributed by atoms with Gasteiger partial charge in [0, 0.05) is 33.7 Å². The van der Waals surface area contributed by atoms with E-state index < -0.39 is 18.8 Å². The molecule has 0 bridgehead atoms. The number of hydrogen-bond donors (Lipinski definition) is 2. The van der Waals surface area contributed by atoms with Crippen LogP contribution in [0.4, 0.5) is 8.78 Å². The molecule has 30 heavy (non-hydrogen) atoms. The number of pyridine rings is 1. The number of thioether (sulfide) groups is 1. The number of benzene rings is 1. The lowest BCUT2D eigenvalue weighted by Crippen LogP contribution is -2.14. The summed E-state index contributed by atoms with van der Waals surface area (Å²) in [4.78, 5) is 21.7. The Hall–Kier alpha value is -1.65. The number of nitrogens with zero attached hydrogens (tertiary/aromatic N) is 3. The molecular weight excluding hydrogens is 503 g/mol. The van der Waals surface area contributed by atoms with Gasteiger partial charge in [0.25, 0.3) is 5.22 Å². The van der Waals surface area contributed by atoms with Gasteiger partial charge in [-0.1, -0.05) is 39.8 Å². The van der Waals surface area contributed by atoms with Crippen LogP contribution in [0.5, 0.6) is 0 Å². The van der Waals surface area contributed by atoms with Gasteiger partial charge in [0.2, 0.25) is 5.89 Å². The second-order valence-electron chi connectivity index (χ2n) is 6.31. The van der Waals surface area contributed by atoms with Crippen molar-refractivity contribution in [3.8, 4) is 11.5 Å². The van der Waals surface area contributed by atoms with Crippen LogP contribution < -0.4 is 0 Å². The summed E-state index contributed by atoms with van der Waals surface area (Å²) in [5, 5.41) is 8.46. The van der Waals surface area contributed by atoms with Gasteiger partial charge < -0.3 is 14.2 Å². The highest BCUT2D eigenvalue weighted by Crippen LogP contribution is 2.60. The molecule has 2 aromatic heterocycles. The van der Waals surface area contributed by atoms with Crippen LogP contribution in [-0.4, -0.2) is 30.7 Å². The lowest BCUT2D eigenvalue weighted by molar-refractivity contribution is 0.0557. The minimum atomic E-state index is -5.60. The third kappa shape index (κ3) is 5.53. The van der Waals surface area contributed by atoms with E-state index in [4.69, 9.17) is 14.2 Å². The average molecular weight is 520 g/mol. The van der Waals surface area contributed by atoms with Gasteiger partial charge in [-0.25, -0.2) is 0 Å². The van der Waals surface area contributed by atoms with Crippen molar-refractivity contribution < 1.29 is 27.5 Å². The normalized spacial score (nSPS) is 12.3. The SMILES string of the molecule is O=P(O)(O)C(F)(F)c1ccc(CCCCSc2nnc(-c3ccncc3)o2)cc1Br. The van der Waals surface area contributed by atoms with E-state index in [9.17, 15) is 13.3 Å². The molecule has 0 aliphatic heterocycles. The zero-order chi connectivity index (χ0) is 21.8. The van der Waals surface area contributed by atoms with Crippen molar-refractivity contribution in [1.82, 2.24) is 15.2 Å². The second-order valence-corrected chi connectivity index (χ2v) is 9.86. The lowest BCUT2D eigenvalue weighted by Gasteiger charge is -2.19. The van der Waals surface area contributed by atoms with E-state index in [0.29, 0.717) is 17.5 Å². The molecule has 0 saturated carbocycles. The first kappa shape index (κ1) is 23.0. The molecule has 0 fully saturated rings. The maximum atomic E-state index is 13.9. The first-order valence-corrected chi connectivity index (χ1v) is 12.2. The van der Waals surface area contributed by atoms with Gasteiger partial charge in [-0.15, -0.1) is 10.2 Å². The summed E-state index contributed by atoms with van der Waals surface area (Å²) in [6, 6.07) is 7.52. The summed E-state index contributed by atoms with van der Waals surface area (Å²) < 4.78 is 44.3. The van der Waals surface area contributed by atoms with Crippen molar-refractivity contribution in [2.75, 3.05) is 5.75 Å². The number of rotatable bonds is 9. The molecule has 7 nitrogen and oxygen atoms in total. The Morgan fingerprint density at radius 2 is 1.87 bits per heavy atom. The minimum absolute atomic E-state index is 0.0304. The largest absolute Gasteiger partial charge is 0.411 e. The van der Waals surface area contributed by atoms with Gasteiger partial charge in [0.1, 0.15) is 0 Å². The molecule has 0 aliphatic rings. The van der Waals surface area contributed by atoms with E-state index in [2.05, 4.69) is 31.1 Å². The zero-order valence-corrected chi connectivity index (χ0v) is 18.7. The Balaban J connectivity index is 1.48. The van der Waals surface area contributed by atoms with Gasteiger partial charge in [-0.3, -0.25) is 9.55 Å². The maximum absolute atomic E-state index is 13.9. The highest BCUT2D eigenvalue weighted by Gasteiger charge is 2.51. The van der Waals surface area contributed by atoms with Crippen LogP contribution in [0.2, 0.25) is 0 Å². The number of unbranched alkanes of at least 4 members (excludes halogenated alkanes) is 1. The molecule has 2 N–H and O–H groups in total. The lowest BCUT2D eigenvalue weighted by atomic mass is 10.1. The molecule has 0 spiro atoms. The Labute approximate surface area is 183 Å². The molecule has 160 valence electrons. The highest BCUT2D eigenvalue weighted by atomic mass is 79.9. The number of aromatic nitrogens is 3. The van der Waals surface area contributed by atoms with Crippen molar-refractivity contribution in [3.05, 3.63) is 58.3 Å². The number of halogens is 3. The third-order valence-corrected chi connectivity index (χ3v) is 6.68. The Kier molecular flexibility index (Phi) is 7.41. The summed E-state index contributed by atoms with van der Waals surface area (Å²) in [7, 11) is -5.60. The zero-order valence-electron chi connectivity index (χ0n) is 15.4. The molecule has 0 aliphatic carbocycles. The van der Waals surface area contributed by atoms with Crippen molar-refractivity contribution in [3.63, 3.8) is 0 Å². The van der Waals surface area contributed by atoms with Crippen LogP contribution >= 0.6 is 35.3 Å². The van der Waals surface area contributed by atoms with E-state index >= 15 is 0 Å². The fraction of sp³-hybridized carbons (Fsp3) is 0.278. The first-order valence-electron chi connectivity index (χ1n) is 8.77. The fourth-order valence-corrected chi connectivity index (χ4v) is 4.68. The van der Waals surface area contributed by atoms with E-state index in [1.54, 1.807) is 24.5 Å². The van der Waals surface area contributed by atoms with Crippen LogP contribution in [-0.2, 0) is 16.6 Å². The maximum Gasteiger partial charge on any atom is 0.399 e. The molecule has 0 saturated heterocycles. The summed E-state index contributed by atoms with van der Waals surface area (Å²) in [6.07, 6.45) is 5.54. The molecule has 0 unspecified atom stereocenters. The third-order valence-electron chi connectivity index (χ3n) is 4.14. The average Bonchev–Trinajstić information content (AvgIpc) is 3.16. The van der Waals surface area contributed by atoms with Crippen LogP contribution in [0.1, 0.15) is 24.0 Å². The molecule has 1 aromatic carbocycles. The monoisotopic (exact) mass is 519 g/mol. The topological polar surface area (TPSA) is 109 Å². The molecule has 0 radical (unpaired) electrons. The van der Waals surface area contributed by atoms with Crippen molar-refractivity contribution in [2.24, 2.45) is 0 Å². The van der Waals surface area contributed by atoms with Crippen molar-refractivity contribution in [1.29, 1.82) is 0 Å². The Morgan fingerprint density at radius 1 is 1.13 bits per heavy atom. The second kappa shape index (κ2) is 9.65. The Bertz CT molecular complexity index is 1050. The molecule has 3 rings (SSSR count). The van der Waals surface area contributed by atoms with Crippen molar-refractivity contribution >= 4 is 35.3 Å². The summed E-state index contributed by atoms with van der Waals surface area (Å²) in [6.45, 7) is 0. The number of aryl methyl sites for hydroxylation is 1. The predicted molar refractivity (Wildman–Crippen MR) is 111 cm³/mol. The first-order chi connectivity index (χ1) is 14.2. The van der Waals surface area contributed by atoms with E-state index in [-0.39, 0.29) is 4.47 Å². The van der Waals surface area contributed by atoms with Gasteiger partial charge in [0.15, 0.2) is 0 Å². The molecule has 0 atom stereocenters.